The lowest BCUT2D eigenvalue weighted by Gasteiger charge is -2.23. The first-order valence-corrected chi connectivity index (χ1v) is 4.27. The van der Waals surface area contributed by atoms with Crippen LogP contribution in [0.4, 0.5) is 0 Å². The fourth-order valence-electron chi connectivity index (χ4n) is 0.810. The minimum absolute atomic E-state index is 0.751. The highest BCUT2D eigenvalue weighted by molar-refractivity contribution is 14.1. The van der Waals surface area contributed by atoms with Gasteiger partial charge in [0.25, 0.3) is 0 Å². The lowest BCUT2D eigenvalue weighted by Crippen LogP contribution is -2.24. The second-order valence-electron chi connectivity index (χ2n) is 2.36. The van der Waals surface area contributed by atoms with E-state index in [1.807, 2.05) is 0 Å². The third kappa shape index (κ3) is 1.58. The van der Waals surface area contributed by atoms with Gasteiger partial charge in [-0.3, -0.25) is 0 Å². The van der Waals surface area contributed by atoms with Crippen LogP contribution in [0.25, 0.3) is 0 Å². The molecule has 1 saturated heterocycles. The molecule has 0 amide bonds. The summed E-state index contributed by atoms with van der Waals surface area (Å²) in [4.78, 5) is 0. The Balaban J connectivity index is 2.28. The Kier molecular flexibility index (Phi) is 2.56. The second-order valence-corrected chi connectivity index (χ2v) is 3.96. The van der Waals surface area contributed by atoms with Crippen molar-refractivity contribution in [2.75, 3.05) is 13.2 Å². The van der Waals surface area contributed by atoms with Crippen molar-refractivity contribution in [1.29, 1.82) is 0 Å². The van der Waals surface area contributed by atoms with E-state index in [4.69, 9.17) is 4.74 Å². The number of alkyl halides is 1. The Labute approximate surface area is 63.9 Å². The summed E-state index contributed by atoms with van der Waals surface area (Å²) in [5, 5.41) is 0. The molecular formula is C6H11IO. The summed E-state index contributed by atoms with van der Waals surface area (Å²) in [6.07, 6.45) is 1.24. The Morgan fingerprint density at radius 3 is 2.75 bits per heavy atom. The topological polar surface area (TPSA) is 9.23 Å². The van der Waals surface area contributed by atoms with Gasteiger partial charge in [-0.1, -0.05) is 29.5 Å². The molecule has 2 atom stereocenters. The summed E-state index contributed by atoms with van der Waals surface area (Å²) in [7, 11) is 0. The van der Waals surface area contributed by atoms with Crippen molar-refractivity contribution in [3.8, 4) is 0 Å². The minimum Gasteiger partial charge on any atom is -0.380 e. The van der Waals surface area contributed by atoms with Crippen LogP contribution in [-0.2, 0) is 4.74 Å². The molecule has 1 fully saturated rings. The lowest BCUT2D eigenvalue weighted by molar-refractivity contribution is 0.0813. The number of rotatable bonds is 0. The highest BCUT2D eigenvalue weighted by atomic mass is 127. The highest BCUT2D eigenvalue weighted by Gasteiger charge is 2.17. The molecule has 1 rings (SSSR count). The molecule has 2 heteroatoms. The number of hydrogen-bond donors (Lipinski definition) is 0. The van der Waals surface area contributed by atoms with E-state index in [2.05, 4.69) is 29.5 Å². The number of hydrogen-bond acceptors (Lipinski definition) is 1. The van der Waals surface area contributed by atoms with Crippen LogP contribution in [0.2, 0.25) is 0 Å². The van der Waals surface area contributed by atoms with Gasteiger partial charge in [-0.25, -0.2) is 0 Å². The molecule has 0 saturated carbocycles. The van der Waals surface area contributed by atoms with E-state index in [0.717, 1.165) is 23.1 Å². The van der Waals surface area contributed by atoms with Crippen LogP contribution in [0.3, 0.4) is 0 Å². The first-order valence-electron chi connectivity index (χ1n) is 3.02. The van der Waals surface area contributed by atoms with Crippen molar-refractivity contribution >= 4 is 22.6 Å². The smallest absolute Gasteiger partial charge is 0.0586 e. The molecule has 0 aromatic heterocycles. The van der Waals surface area contributed by atoms with Gasteiger partial charge in [-0.15, -0.1) is 0 Å². The van der Waals surface area contributed by atoms with Crippen molar-refractivity contribution in [1.82, 2.24) is 0 Å². The van der Waals surface area contributed by atoms with Crippen LogP contribution >= 0.6 is 22.6 Å². The van der Waals surface area contributed by atoms with Crippen LogP contribution in [0.15, 0.2) is 0 Å². The molecule has 0 N–H and O–H groups in total. The quantitative estimate of drug-likeness (QED) is 0.452. The van der Waals surface area contributed by atoms with Gasteiger partial charge in [0, 0.05) is 10.5 Å². The Morgan fingerprint density at radius 1 is 1.62 bits per heavy atom. The normalized spacial score (nSPS) is 39.8. The largest absolute Gasteiger partial charge is 0.380 e. The van der Waals surface area contributed by atoms with E-state index < -0.39 is 0 Å². The molecular weight excluding hydrogens is 215 g/mol. The Morgan fingerprint density at radius 2 is 2.38 bits per heavy atom. The van der Waals surface area contributed by atoms with Gasteiger partial charge in [0.1, 0.15) is 0 Å². The van der Waals surface area contributed by atoms with Gasteiger partial charge in [-0.2, -0.15) is 0 Å². The summed E-state index contributed by atoms with van der Waals surface area (Å²) in [5.74, 6) is 0.865. The van der Waals surface area contributed by atoms with Gasteiger partial charge >= 0.3 is 0 Å². The van der Waals surface area contributed by atoms with E-state index in [1.165, 1.54) is 6.42 Å². The van der Waals surface area contributed by atoms with Gasteiger partial charge in [0.2, 0.25) is 0 Å². The third-order valence-electron chi connectivity index (χ3n) is 1.61. The molecule has 1 aliphatic rings. The minimum atomic E-state index is 0.751. The van der Waals surface area contributed by atoms with Crippen molar-refractivity contribution in [3.05, 3.63) is 0 Å². The van der Waals surface area contributed by atoms with Gasteiger partial charge in [0.05, 0.1) is 6.61 Å². The third-order valence-corrected chi connectivity index (χ3v) is 3.20. The van der Waals surface area contributed by atoms with Crippen molar-refractivity contribution in [2.24, 2.45) is 5.92 Å². The Bertz CT molecular complexity index is 64.9. The summed E-state index contributed by atoms with van der Waals surface area (Å²) in [6.45, 7) is 4.22. The van der Waals surface area contributed by atoms with Crippen LogP contribution in [0, 0.1) is 5.92 Å². The predicted octanol–water partition coefficient (Wildman–Crippen LogP) is 1.85. The second kappa shape index (κ2) is 3.01. The van der Waals surface area contributed by atoms with Gasteiger partial charge < -0.3 is 4.74 Å². The molecule has 1 unspecified atom stereocenters. The van der Waals surface area contributed by atoms with Crippen LogP contribution < -0.4 is 0 Å². The summed E-state index contributed by atoms with van der Waals surface area (Å²) in [5.41, 5.74) is 0. The molecule has 0 aromatic carbocycles. The summed E-state index contributed by atoms with van der Waals surface area (Å²) >= 11 is 2.46. The zero-order valence-corrected chi connectivity index (χ0v) is 7.22. The maximum atomic E-state index is 5.24. The molecule has 1 aliphatic heterocycles. The first kappa shape index (κ1) is 6.81. The Hall–Kier alpha value is 0.690. The van der Waals surface area contributed by atoms with Crippen molar-refractivity contribution in [3.63, 3.8) is 0 Å². The standard InChI is InChI=1S/C6H11IO/c1-5-2-3-8-4-6(5)7/h5-6H,2-4H2,1H3/t5?,6-/m1/s1. The molecule has 0 spiro atoms. The molecule has 0 aliphatic carbocycles. The molecule has 1 nitrogen and oxygen atoms in total. The molecule has 8 heavy (non-hydrogen) atoms. The highest BCUT2D eigenvalue weighted by Crippen LogP contribution is 2.21. The van der Waals surface area contributed by atoms with E-state index >= 15 is 0 Å². The molecule has 1 heterocycles. The SMILES string of the molecule is CC1CCOC[C@H]1I. The molecule has 0 aromatic rings. The zero-order valence-electron chi connectivity index (χ0n) is 5.06. The monoisotopic (exact) mass is 226 g/mol. The average Bonchev–Trinajstić information content (AvgIpc) is 1.77. The van der Waals surface area contributed by atoms with Gasteiger partial charge in [0.15, 0.2) is 0 Å². The van der Waals surface area contributed by atoms with E-state index in [0.29, 0.717) is 0 Å². The average molecular weight is 226 g/mol. The fraction of sp³-hybridized carbons (Fsp3) is 1.00. The number of halogens is 1. The molecule has 48 valence electrons. The zero-order chi connectivity index (χ0) is 5.98. The maximum absolute atomic E-state index is 5.24. The van der Waals surface area contributed by atoms with E-state index in [9.17, 15) is 0 Å². The van der Waals surface area contributed by atoms with Crippen molar-refractivity contribution < 1.29 is 4.74 Å². The van der Waals surface area contributed by atoms with Crippen LogP contribution in [0.1, 0.15) is 13.3 Å². The fourth-order valence-corrected chi connectivity index (χ4v) is 1.42. The summed E-state index contributed by atoms with van der Waals surface area (Å²) in [6, 6.07) is 0. The van der Waals surface area contributed by atoms with Crippen LogP contribution in [-0.4, -0.2) is 17.1 Å². The first-order chi connectivity index (χ1) is 3.80. The van der Waals surface area contributed by atoms with E-state index in [-0.39, 0.29) is 0 Å². The van der Waals surface area contributed by atoms with Crippen LogP contribution in [0.5, 0.6) is 0 Å². The molecule has 0 radical (unpaired) electrons. The lowest BCUT2D eigenvalue weighted by atomic mass is 10.0. The van der Waals surface area contributed by atoms with Crippen molar-refractivity contribution in [2.45, 2.75) is 17.3 Å². The van der Waals surface area contributed by atoms with E-state index in [1.54, 1.807) is 0 Å². The molecule has 0 bridgehead atoms. The van der Waals surface area contributed by atoms with Gasteiger partial charge in [-0.05, 0) is 12.3 Å². The number of ether oxygens (including phenoxy) is 1. The predicted molar refractivity (Wildman–Crippen MR) is 42.4 cm³/mol. The summed E-state index contributed by atoms with van der Waals surface area (Å²) < 4.78 is 6.00. The maximum Gasteiger partial charge on any atom is 0.0586 e.